The van der Waals surface area contributed by atoms with Gasteiger partial charge in [0, 0.05) is 35.6 Å². The van der Waals surface area contributed by atoms with Crippen molar-refractivity contribution in [1.82, 2.24) is 14.5 Å². The van der Waals surface area contributed by atoms with E-state index in [2.05, 4.69) is 15.5 Å². The van der Waals surface area contributed by atoms with Crippen molar-refractivity contribution in [2.75, 3.05) is 24.7 Å². The molecule has 22 heavy (non-hydrogen) atoms. The maximum Gasteiger partial charge on any atom is 0.211 e. The van der Waals surface area contributed by atoms with Crippen molar-refractivity contribution in [3.63, 3.8) is 0 Å². The average Bonchev–Trinajstić information content (AvgIpc) is 3.15. The number of aromatic amines is 1. The molecule has 1 fully saturated rings. The SMILES string of the molecule is CS(=O)(=O)N1CCC(c2cc(NCc3ccc(Cl)s3)n[nH]2)C1. The fourth-order valence-electron chi connectivity index (χ4n) is 2.54. The molecular formula is C13H17ClN4O2S2. The minimum atomic E-state index is -3.11. The highest BCUT2D eigenvalue weighted by Gasteiger charge is 2.30. The number of sulfonamides is 1. The molecule has 0 radical (unpaired) electrons. The van der Waals surface area contributed by atoms with Crippen molar-refractivity contribution < 1.29 is 8.42 Å². The number of nitrogens with one attached hydrogen (secondary N) is 2. The molecule has 2 aromatic rings. The molecule has 1 saturated heterocycles. The molecule has 9 heteroatoms. The Balaban J connectivity index is 1.60. The van der Waals surface area contributed by atoms with Crippen LogP contribution in [0.15, 0.2) is 18.2 Å². The number of anilines is 1. The van der Waals surface area contributed by atoms with Gasteiger partial charge in [0.15, 0.2) is 0 Å². The van der Waals surface area contributed by atoms with Crippen molar-refractivity contribution in [1.29, 1.82) is 0 Å². The molecule has 2 aromatic heterocycles. The van der Waals surface area contributed by atoms with Crippen molar-refractivity contribution in [2.45, 2.75) is 18.9 Å². The van der Waals surface area contributed by atoms with Crippen LogP contribution in [0.25, 0.3) is 0 Å². The van der Waals surface area contributed by atoms with E-state index in [1.165, 1.54) is 21.9 Å². The molecule has 2 N–H and O–H groups in total. The van der Waals surface area contributed by atoms with Crippen LogP contribution in [0.1, 0.15) is 22.9 Å². The first-order valence-corrected chi connectivity index (χ1v) is 9.94. The van der Waals surface area contributed by atoms with E-state index in [1.54, 1.807) is 0 Å². The summed E-state index contributed by atoms with van der Waals surface area (Å²) in [6.07, 6.45) is 2.07. The minimum Gasteiger partial charge on any atom is -0.364 e. The largest absolute Gasteiger partial charge is 0.364 e. The Bertz CT molecular complexity index is 756. The number of hydrogen-bond donors (Lipinski definition) is 2. The molecule has 1 atom stereocenters. The first kappa shape index (κ1) is 15.8. The number of aromatic nitrogens is 2. The average molecular weight is 361 g/mol. The van der Waals surface area contributed by atoms with E-state index in [-0.39, 0.29) is 5.92 Å². The first-order valence-electron chi connectivity index (χ1n) is 6.90. The van der Waals surface area contributed by atoms with Crippen LogP contribution in [0, 0.1) is 0 Å². The van der Waals surface area contributed by atoms with E-state index < -0.39 is 10.0 Å². The molecule has 0 bridgehead atoms. The molecule has 3 rings (SSSR count). The van der Waals surface area contributed by atoms with E-state index in [1.807, 2.05) is 18.2 Å². The van der Waals surface area contributed by atoms with Gasteiger partial charge in [-0.15, -0.1) is 11.3 Å². The van der Waals surface area contributed by atoms with Gasteiger partial charge < -0.3 is 5.32 Å². The van der Waals surface area contributed by atoms with Crippen LogP contribution in [0.2, 0.25) is 4.34 Å². The van der Waals surface area contributed by atoms with Gasteiger partial charge in [-0.05, 0) is 18.6 Å². The lowest BCUT2D eigenvalue weighted by molar-refractivity contribution is 0.477. The van der Waals surface area contributed by atoms with Crippen molar-refractivity contribution in [3.8, 4) is 0 Å². The lowest BCUT2D eigenvalue weighted by Gasteiger charge is -2.12. The quantitative estimate of drug-likeness (QED) is 0.858. The summed E-state index contributed by atoms with van der Waals surface area (Å²) in [6, 6.07) is 5.80. The summed E-state index contributed by atoms with van der Waals surface area (Å²) in [5.74, 6) is 0.936. The van der Waals surface area contributed by atoms with Crippen LogP contribution in [0.5, 0.6) is 0 Å². The molecule has 0 saturated carbocycles. The summed E-state index contributed by atoms with van der Waals surface area (Å²) in [6.45, 7) is 1.75. The van der Waals surface area contributed by atoms with E-state index >= 15 is 0 Å². The summed E-state index contributed by atoms with van der Waals surface area (Å²) in [5.41, 5.74) is 0.970. The number of nitrogens with zero attached hydrogens (tertiary/aromatic N) is 2. The summed E-state index contributed by atoms with van der Waals surface area (Å²) >= 11 is 7.43. The Morgan fingerprint density at radius 3 is 3.00 bits per heavy atom. The third-order valence-electron chi connectivity index (χ3n) is 3.73. The van der Waals surface area contributed by atoms with Crippen LogP contribution < -0.4 is 5.32 Å². The summed E-state index contributed by atoms with van der Waals surface area (Å²) < 4.78 is 25.4. The smallest absolute Gasteiger partial charge is 0.211 e. The van der Waals surface area contributed by atoms with Gasteiger partial charge in [-0.25, -0.2) is 12.7 Å². The number of thiophene rings is 1. The summed E-state index contributed by atoms with van der Waals surface area (Å²) in [5, 5.41) is 10.5. The Morgan fingerprint density at radius 1 is 1.55 bits per heavy atom. The van der Waals surface area contributed by atoms with E-state index in [0.717, 1.165) is 27.1 Å². The molecule has 0 spiro atoms. The van der Waals surface area contributed by atoms with Crippen molar-refractivity contribution >= 4 is 38.8 Å². The Labute approximate surface area is 138 Å². The zero-order valence-corrected chi connectivity index (χ0v) is 14.4. The van der Waals surface area contributed by atoms with Crippen molar-refractivity contribution in [2.24, 2.45) is 0 Å². The molecule has 1 aliphatic rings. The Morgan fingerprint density at radius 2 is 2.36 bits per heavy atom. The number of rotatable bonds is 5. The molecule has 0 amide bonds. The van der Waals surface area contributed by atoms with Gasteiger partial charge >= 0.3 is 0 Å². The molecule has 1 unspecified atom stereocenters. The molecule has 0 aliphatic carbocycles. The summed E-state index contributed by atoms with van der Waals surface area (Å²) in [4.78, 5) is 1.14. The lowest BCUT2D eigenvalue weighted by Crippen LogP contribution is -2.27. The molecule has 6 nitrogen and oxygen atoms in total. The van der Waals surface area contributed by atoms with Crippen LogP contribution in [0.3, 0.4) is 0 Å². The molecule has 1 aliphatic heterocycles. The highest BCUT2D eigenvalue weighted by molar-refractivity contribution is 7.88. The third-order valence-corrected chi connectivity index (χ3v) is 6.23. The van der Waals surface area contributed by atoms with E-state index in [0.29, 0.717) is 19.6 Å². The van der Waals surface area contributed by atoms with Gasteiger partial charge in [-0.1, -0.05) is 11.6 Å². The second kappa shape index (κ2) is 6.19. The fourth-order valence-corrected chi connectivity index (χ4v) is 4.46. The molecular weight excluding hydrogens is 344 g/mol. The van der Waals surface area contributed by atoms with Crippen LogP contribution >= 0.6 is 22.9 Å². The van der Waals surface area contributed by atoms with Crippen LogP contribution in [-0.2, 0) is 16.6 Å². The highest BCUT2D eigenvalue weighted by atomic mass is 35.5. The van der Waals surface area contributed by atoms with Gasteiger partial charge in [0.05, 0.1) is 17.1 Å². The normalized spacial score (nSPS) is 19.6. The van der Waals surface area contributed by atoms with E-state index in [9.17, 15) is 8.42 Å². The predicted molar refractivity (Wildman–Crippen MR) is 89.0 cm³/mol. The van der Waals surface area contributed by atoms with Gasteiger partial charge in [0.25, 0.3) is 0 Å². The second-order valence-corrected chi connectivity index (χ2v) is 9.16. The van der Waals surface area contributed by atoms with Gasteiger partial charge in [0.2, 0.25) is 10.0 Å². The Hall–Kier alpha value is -1.09. The lowest BCUT2D eigenvalue weighted by atomic mass is 10.1. The first-order chi connectivity index (χ1) is 10.4. The van der Waals surface area contributed by atoms with Crippen molar-refractivity contribution in [3.05, 3.63) is 33.1 Å². The van der Waals surface area contributed by atoms with E-state index in [4.69, 9.17) is 11.6 Å². The van der Waals surface area contributed by atoms with Crippen LogP contribution in [-0.4, -0.2) is 42.3 Å². The molecule has 120 valence electrons. The zero-order chi connectivity index (χ0) is 15.7. The Kier molecular flexibility index (Phi) is 4.44. The van der Waals surface area contributed by atoms with Gasteiger partial charge in [-0.2, -0.15) is 5.10 Å². The maximum atomic E-state index is 11.6. The molecule has 3 heterocycles. The van der Waals surface area contributed by atoms with Gasteiger partial charge in [-0.3, -0.25) is 5.10 Å². The molecule has 0 aromatic carbocycles. The second-order valence-electron chi connectivity index (χ2n) is 5.37. The minimum absolute atomic E-state index is 0.175. The number of halogens is 1. The number of hydrogen-bond acceptors (Lipinski definition) is 5. The highest BCUT2D eigenvalue weighted by Crippen LogP contribution is 2.28. The maximum absolute atomic E-state index is 11.6. The fraction of sp³-hybridized carbons (Fsp3) is 0.462. The number of H-pyrrole nitrogens is 1. The topological polar surface area (TPSA) is 78.1 Å². The van der Waals surface area contributed by atoms with Gasteiger partial charge in [0.1, 0.15) is 5.82 Å². The third kappa shape index (κ3) is 3.62. The van der Waals surface area contributed by atoms with Crippen LogP contribution in [0.4, 0.5) is 5.82 Å². The predicted octanol–water partition coefficient (Wildman–Crippen LogP) is 2.49. The summed E-state index contributed by atoms with van der Waals surface area (Å²) in [7, 11) is -3.11. The zero-order valence-electron chi connectivity index (χ0n) is 12.0. The standard InChI is InChI=1S/C13H17ClN4O2S2/c1-22(19,20)18-5-4-9(8-18)11-6-13(17-16-11)15-7-10-2-3-12(14)21-10/h2-3,6,9H,4-5,7-8H2,1H3,(H2,15,16,17). The monoisotopic (exact) mass is 360 g/mol.